The summed E-state index contributed by atoms with van der Waals surface area (Å²) < 4.78 is 5.75. The average Bonchev–Trinajstić information content (AvgIpc) is 2.68. The molecule has 0 spiro atoms. The van der Waals surface area contributed by atoms with E-state index in [2.05, 4.69) is 16.0 Å². The van der Waals surface area contributed by atoms with Gasteiger partial charge >= 0.3 is 0 Å². The summed E-state index contributed by atoms with van der Waals surface area (Å²) >= 11 is 5.24. The second-order valence-corrected chi connectivity index (χ2v) is 7.41. The monoisotopic (exact) mass is 413 g/mol. The van der Waals surface area contributed by atoms with Gasteiger partial charge in [-0.15, -0.1) is 0 Å². The predicted molar refractivity (Wildman–Crippen MR) is 120 cm³/mol. The lowest BCUT2D eigenvalue weighted by Gasteiger charge is -2.14. The van der Waals surface area contributed by atoms with Gasteiger partial charge in [0.15, 0.2) is 5.11 Å². The standard InChI is InChI=1S/C22H27N3O3S/c1-5-15(4)28-19-11-6-8-16(12-19)21(27)25-22(29)24-18-10-7-9-17(13-18)23-20(26)14(2)3/h6-15H,5H2,1-4H3,(H,23,26)(H2,24,25,27,29)/t15-/m0/s1. The van der Waals surface area contributed by atoms with E-state index in [-0.39, 0.29) is 28.9 Å². The molecule has 0 unspecified atom stereocenters. The van der Waals surface area contributed by atoms with E-state index in [0.29, 0.717) is 22.7 Å². The van der Waals surface area contributed by atoms with Crippen molar-refractivity contribution in [3.8, 4) is 5.75 Å². The molecule has 0 saturated heterocycles. The second-order valence-electron chi connectivity index (χ2n) is 7.00. The summed E-state index contributed by atoms with van der Waals surface area (Å²) in [7, 11) is 0. The Morgan fingerprint density at radius 2 is 1.66 bits per heavy atom. The van der Waals surface area contributed by atoms with E-state index >= 15 is 0 Å². The van der Waals surface area contributed by atoms with Crippen molar-refractivity contribution in [1.82, 2.24) is 5.32 Å². The van der Waals surface area contributed by atoms with E-state index in [0.717, 1.165) is 6.42 Å². The van der Waals surface area contributed by atoms with Crippen LogP contribution >= 0.6 is 12.2 Å². The zero-order valence-corrected chi connectivity index (χ0v) is 17.9. The highest BCUT2D eigenvalue weighted by Gasteiger charge is 2.11. The number of ether oxygens (including phenoxy) is 1. The molecule has 154 valence electrons. The molecule has 3 N–H and O–H groups in total. The Morgan fingerprint density at radius 1 is 1.00 bits per heavy atom. The second kappa shape index (κ2) is 10.6. The molecule has 0 aliphatic carbocycles. The van der Waals surface area contributed by atoms with Crippen molar-refractivity contribution >= 4 is 40.5 Å². The van der Waals surface area contributed by atoms with Gasteiger partial charge in [-0.2, -0.15) is 0 Å². The van der Waals surface area contributed by atoms with Crippen LogP contribution in [0.25, 0.3) is 0 Å². The van der Waals surface area contributed by atoms with E-state index in [1.54, 1.807) is 42.5 Å². The van der Waals surface area contributed by atoms with Crippen LogP contribution in [0.2, 0.25) is 0 Å². The van der Waals surface area contributed by atoms with Crippen LogP contribution in [-0.2, 0) is 4.79 Å². The molecule has 2 aromatic carbocycles. The Bertz CT molecular complexity index is 883. The largest absolute Gasteiger partial charge is 0.491 e. The van der Waals surface area contributed by atoms with Crippen LogP contribution in [0.5, 0.6) is 5.75 Å². The first-order valence-electron chi connectivity index (χ1n) is 9.58. The fourth-order valence-electron chi connectivity index (χ4n) is 2.33. The molecule has 1 atom stereocenters. The van der Waals surface area contributed by atoms with Gasteiger partial charge in [0.1, 0.15) is 5.75 Å². The quantitative estimate of drug-likeness (QED) is 0.579. The Morgan fingerprint density at radius 3 is 2.31 bits per heavy atom. The fraction of sp³-hybridized carbons (Fsp3) is 0.318. The molecule has 0 fully saturated rings. The van der Waals surface area contributed by atoms with Crippen LogP contribution in [0.3, 0.4) is 0 Å². The zero-order valence-electron chi connectivity index (χ0n) is 17.1. The topological polar surface area (TPSA) is 79.5 Å². The smallest absolute Gasteiger partial charge is 0.257 e. The lowest BCUT2D eigenvalue weighted by atomic mass is 10.2. The Balaban J connectivity index is 1.98. The van der Waals surface area contributed by atoms with Gasteiger partial charge in [0.25, 0.3) is 5.91 Å². The SMILES string of the molecule is CC[C@H](C)Oc1cccc(C(=O)NC(=S)Nc2cccc(NC(=O)C(C)C)c2)c1. The van der Waals surface area contributed by atoms with Gasteiger partial charge in [-0.05, 0) is 62.0 Å². The van der Waals surface area contributed by atoms with Crippen LogP contribution in [0.1, 0.15) is 44.5 Å². The first-order chi connectivity index (χ1) is 13.8. The number of amides is 2. The molecule has 2 aromatic rings. The summed E-state index contributed by atoms with van der Waals surface area (Å²) in [4.78, 5) is 24.3. The number of anilines is 2. The lowest BCUT2D eigenvalue weighted by Crippen LogP contribution is -2.34. The minimum atomic E-state index is -0.332. The van der Waals surface area contributed by atoms with Crippen molar-refractivity contribution in [3.63, 3.8) is 0 Å². The number of carbonyl (C=O) groups is 2. The third-order valence-corrected chi connectivity index (χ3v) is 4.35. The van der Waals surface area contributed by atoms with Gasteiger partial charge in [0.05, 0.1) is 6.10 Å². The molecule has 2 amide bonds. The maximum absolute atomic E-state index is 12.5. The van der Waals surface area contributed by atoms with Crippen molar-refractivity contribution in [2.75, 3.05) is 10.6 Å². The maximum Gasteiger partial charge on any atom is 0.257 e. The third kappa shape index (κ3) is 7.19. The Hall–Kier alpha value is -2.93. The van der Waals surface area contributed by atoms with E-state index in [9.17, 15) is 9.59 Å². The number of hydrogen-bond donors (Lipinski definition) is 3. The van der Waals surface area contributed by atoms with Crippen LogP contribution in [-0.4, -0.2) is 23.0 Å². The minimum Gasteiger partial charge on any atom is -0.491 e. The Kier molecular flexibility index (Phi) is 8.15. The van der Waals surface area contributed by atoms with Gasteiger partial charge in [-0.25, -0.2) is 0 Å². The molecule has 0 aliphatic heterocycles. The predicted octanol–water partition coefficient (Wildman–Crippen LogP) is 4.59. The molecular formula is C22H27N3O3S. The van der Waals surface area contributed by atoms with Crippen LogP contribution in [0.4, 0.5) is 11.4 Å². The van der Waals surface area contributed by atoms with Crippen LogP contribution < -0.4 is 20.7 Å². The number of benzene rings is 2. The summed E-state index contributed by atoms with van der Waals surface area (Å²) in [5, 5.41) is 8.60. The molecule has 0 heterocycles. The highest BCUT2D eigenvalue weighted by atomic mass is 32.1. The van der Waals surface area contributed by atoms with Gasteiger partial charge < -0.3 is 15.4 Å². The molecule has 0 saturated carbocycles. The molecular weight excluding hydrogens is 386 g/mol. The number of thiocarbonyl (C=S) groups is 1. The normalized spacial score (nSPS) is 11.5. The molecule has 29 heavy (non-hydrogen) atoms. The van der Waals surface area contributed by atoms with Crippen molar-refractivity contribution in [2.24, 2.45) is 5.92 Å². The van der Waals surface area contributed by atoms with E-state index < -0.39 is 0 Å². The summed E-state index contributed by atoms with van der Waals surface area (Å²) in [5.41, 5.74) is 1.76. The number of rotatable bonds is 7. The summed E-state index contributed by atoms with van der Waals surface area (Å²) in [6.45, 7) is 7.66. The summed E-state index contributed by atoms with van der Waals surface area (Å²) in [5.74, 6) is 0.116. The number of hydrogen-bond acceptors (Lipinski definition) is 4. The molecule has 0 aliphatic rings. The molecule has 7 heteroatoms. The lowest BCUT2D eigenvalue weighted by molar-refractivity contribution is -0.118. The zero-order chi connectivity index (χ0) is 21.4. The van der Waals surface area contributed by atoms with Gasteiger partial charge in [-0.1, -0.05) is 32.9 Å². The van der Waals surface area contributed by atoms with E-state index in [1.807, 2.05) is 33.8 Å². The third-order valence-electron chi connectivity index (χ3n) is 4.15. The Labute approximate surface area is 177 Å². The van der Waals surface area contributed by atoms with E-state index in [1.165, 1.54) is 0 Å². The molecule has 0 bridgehead atoms. The molecule has 2 rings (SSSR count). The molecule has 0 aromatic heterocycles. The minimum absolute atomic E-state index is 0.0690. The first kappa shape index (κ1) is 22.4. The van der Waals surface area contributed by atoms with Crippen molar-refractivity contribution in [1.29, 1.82) is 0 Å². The highest BCUT2D eigenvalue weighted by molar-refractivity contribution is 7.80. The number of nitrogens with one attached hydrogen (secondary N) is 3. The van der Waals surface area contributed by atoms with Gasteiger partial charge in [-0.3, -0.25) is 14.9 Å². The van der Waals surface area contributed by atoms with Crippen LogP contribution in [0.15, 0.2) is 48.5 Å². The van der Waals surface area contributed by atoms with Crippen molar-refractivity contribution < 1.29 is 14.3 Å². The van der Waals surface area contributed by atoms with E-state index in [4.69, 9.17) is 17.0 Å². The van der Waals surface area contributed by atoms with Crippen molar-refractivity contribution in [2.45, 2.75) is 40.2 Å². The fourth-order valence-corrected chi connectivity index (χ4v) is 2.54. The average molecular weight is 414 g/mol. The van der Waals surface area contributed by atoms with Gasteiger partial charge in [0, 0.05) is 22.9 Å². The highest BCUT2D eigenvalue weighted by Crippen LogP contribution is 2.17. The van der Waals surface area contributed by atoms with Crippen molar-refractivity contribution in [3.05, 3.63) is 54.1 Å². The summed E-state index contributed by atoms with van der Waals surface area (Å²) in [6.07, 6.45) is 0.945. The van der Waals surface area contributed by atoms with Crippen LogP contribution in [0, 0.1) is 5.92 Å². The maximum atomic E-state index is 12.5. The number of carbonyl (C=O) groups excluding carboxylic acids is 2. The first-order valence-corrected chi connectivity index (χ1v) is 9.99. The molecule has 6 nitrogen and oxygen atoms in total. The summed E-state index contributed by atoms with van der Waals surface area (Å²) in [6, 6.07) is 14.1. The van der Waals surface area contributed by atoms with Gasteiger partial charge in [0.2, 0.25) is 5.91 Å². The molecule has 0 radical (unpaired) electrons.